The highest BCUT2D eigenvalue weighted by molar-refractivity contribution is 7.22. The molecule has 0 spiro atoms. The van der Waals surface area contributed by atoms with Crippen LogP contribution < -0.4 is 5.73 Å². The van der Waals surface area contributed by atoms with E-state index in [1.165, 1.54) is 0 Å². The normalized spacial score (nSPS) is 11.1. The first kappa shape index (κ1) is 12.9. The fourth-order valence-corrected chi connectivity index (χ4v) is 3.39. The fraction of sp³-hybridized carbons (Fsp3) is 0.0667. The number of nitrogen functional groups attached to an aromatic ring is 1. The molecule has 0 aromatic carbocycles. The lowest BCUT2D eigenvalue weighted by Gasteiger charge is -2.01. The molecule has 2 N–H and O–H groups in total. The van der Waals surface area contributed by atoms with E-state index < -0.39 is 0 Å². The van der Waals surface area contributed by atoms with Crippen LogP contribution in [0.3, 0.4) is 0 Å². The van der Waals surface area contributed by atoms with Crippen molar-refractivity contribution in [1.82, 2.24) is 24.7 Å². The second-order valence-corrected chi connectivity index (χ2v) is 5.97. The van der Waals surface area contributed by atoms with E-state index in [1.54, 1.807) is 34.6 Å². The third kappa shape index (κ3) is 2.11. The van der Waals surface area contributed by atoms with Crippen LogP contribution in [-0.2, 0) is 7.05 Å². The summed E-state index contributed by atoms with van der Waals surface area (Å²) in [6, 6.07) is 5.76. The van der Waals surface area contributed by atoms with Crippen molar-refractivity contribution in [3.63, 3.8) is 0 Å². The summed E-state index contributed by atoms with van der Waals surface area (Å²) in [6.45, 7) is 0. The molecule has 0 unspecified atom stereocenters. The van der Waals surface area contributed by atoms with E-state index in [-0.39, 0.29) is 0 Å². The Balaban J connectivity index is 1.89. The van der Waals surface area contributed by atoms with Crippen LogP contribution in [0.4, 0.5) is 5.82 Å². The molecule has 0 radical (unpaired) electrons. The van der Waals surface area contributed by atoms with E-state index in [2.05, 4.69) is 26.1 Å². The SMILES string of the molecule is Cn1cc(-c2cc3ncnc(-c4ccc(N)nc4)c3s2)cn1. The highest BCUT2D eigenvalue weighted by atomic mass is 32.1. The van der Waals surface area contributed by atoms with Crippen molar-refractivity contribution in [3.05, 3.63) is 43.1 Å². The number of hydrogen-bond acceptors (Lipinski definition) is 6. The van der Waals surface area contributed by atoms with Crippen LogP contribution in [0.2, 0.25) is 0 Å². The summed E-state index contributed by atoms with van der Waals surface area (Å²) in [5, 5.41) is 4.22. The van der Waals surface area contributed by atoms with Crippen LogP contribution in [0, 0.1) is 0 Å². The molecule has 7 heteroatoms. The molecule has 0 aliphatic rings. The first-order valence-electron chi connectivity index (χ1n) is 6.66. The van der Waals surface area contributed by atoms with Gasteiger partial charge in [-0.05, 0) is 18.2 Å². The van der Waals surface area contributed by atoms with Gasteiger partial charge < -0.3 is 5.73 Å². The summed E-state index contributed by atoms with van der Waals surface area (Å²) in [5.41, 5.74) is 9.45. The minimum Gasteiger partial charge on any atom is -0.384 e. The molecule has 22 heavy (non-hydrogen) atoms. The molecule has 0 saturated carbocycles. The van der Waals surface area contributed by atoms with Crippen molar-refractivity contribution < 1.29 is 0 Å². The topological polar surface area (TPSA) is 82.5 Å². The molecule has 6 nitrogen and oxygen atoms in total. The van der Waals surface area contributed by atoms with Crippen molar-refractivity contribution in [2.75, 3.05) is 5.73 Å². The average molecular weight is 308 g/mol. The second-order valence-electron chi connectivity index (χ2n) is 4.92. The van der Waals surface area contributed by atoms with Gasteiger partial charge in [0.25, 0.3) is 0 Å². The van der Waals surface area contributed by atoms with Gasteiger partial charge in [0.2, 0.25) is 0 Å². The largest absolute Gasteiger partial charge is 0.384 e. The van der Waals surface area contributed by atoms with Gasteiger partial charge in [-0.15, -0.1) is 11.3 Å². The van der Waals surface area contributed by atoms with Gasteiger partial charge in [-0.3, -0.25) is 4.68 Å². The second kappa shape index (κ2) is 4.88. The number of thiophene rings is 1. The quantitative estimate of drug-likeness (QED) is 0.615. The van der Waals surface area contributed by atoms with Gasteiger partial charge >= 0.3 is 0 Å². The van der Waals surface area contributed by atoms with Gasteiger partial charge in [-0.25, -0.2) is 15.0 Å². The van der Waals surface area contributed by atoms with Crippen molar-refractivity contribution in [3.8, 4) is 21.7 Å². The number of rotatable bonds is 2. The maximum atomic E-state index is 5.65. The summed E-state index contributed by atoms with van der Waals surface area (Å²) in [7, 11) is 1.90. The molecule has 4 rings (SSSR count). The molecular weight excluding hydrogens is 296 g/mol. The molecule has 0 saturated heterocycles. The standard InChI is InChI=1S/C15H12N6S/c1-21-7-10(6-20-21)12-4-11-15(22-12)14(19-8-18-11)9-2-3-13(16)17-5-9/h2-8H,1H3,(H2,16,17). The number of nitrogens with two attached hydrogens (primary N) is 1. The van der Waals surface area contributed by atoms with Crippen molar-refractivity contribution in [2.45, 2.75) is 0 Å². The molecule has 0 bridgehead atoms. The van der Waals surface area contributed by atoms with Crippen LogP contribution >= 0.6 is 11.3 Å². The zero-order chi connectivity index (χ0) is 15.1. The lowest BCUT2D eigenvalue weighted by atomic mass is 10.2. The molecule has 4 aromatic rings. The number of aryl methyl sites for hydroxylation is 1. The van der Waals surface area contributed by atoms with Crippen LogP contribution in [0.15, 0.2) is 43.1 Å². The lowest BCUT2D eigenvalue weighted by molar-refractivity contribution is 0.768. The molecule has 0 amide bonds. The summed E-state index contributed by atoms with van der Waals surface area (Å²) in [4.78, 5) is 14.0. The van der Waals surface area contributed by atoms with Gasteiger partial charge in [0, 0.05) is 35.4 Å². The first-order valence-corrected chi connectivity index (χ1v) is 7.48. The Kier molecular flexibility index (Phi) is 2.87. The van der Waals surface area contributed by atoms with E-state index in [0.717, 1.165) is 31.9 Å². The highest BCUT2D eigenvalue weighted by Gasteiger charge is 2.12. The van der Waals surface area contributed by atoms with Crippen LogP contribution in [0.1, 0.15) is 0 Å². The van der Waals surface area contributed by atoms with E-state index in [9.17, 15) is 0 Å². The van der Waals surface area contributed by atoms with Crippen molar-refractivity contribution in [2.24, 2.45) is 7.05 Å². The van der Waals surface area contributed by atoms with Gasteiger partial charge in [-0.2, -0.15) is 5.10 Å². The minimum absolute atomic E-state index is 0.497. The van der Waals surface area contributed by atoms with Gasteiger partial charge in [0.05, 0.1) is 22.1 Å². The molecule has 0 atom stereocenters. The van der Waals surface area contributed by atoms with Crippen molar-refractivity contribution >= 4 is 27.4 Å². The maximum Gasteiger partial charge on any atom is 0.123 e. The summed E-state index contributed by atoms with van der Waals surface area (Å²) in [5.74, 6) is 0.497. The predicted octanol–water partition coefficient (Wildman–Crippen LogP) is 2.74. The lowest BCUT2D eigenvalue weighted by Crippen LogP contribution is -1.90. The van der Waals surface area contributed by atoms with Crippen LogP contribution in [0.25, 0.3) is 31.9 Å². The van der Waals surface area contributed by atoms with Crippen LogP contribution in [0.5, 0.6) is 0 Å². The summed E-state index contributed by atoms with van der Waals surface area (Å²) in [6.07, 6.45) is 7.15. The third-order valence-electron chi connectivity index (χ3n) is 3.36. The Morgan fingerprint density at radius 3 is 2.73 bits per heavy atom. The first-order chi connectivity index (χ1) is 10.7. The van der Waals surface area contributed by atoms with Gasteiger partial charge in [0.1, 0.15) is 12.1 Å². The summed E-state index contributed by atoms with van der Waals surface area (Å²) >= 11 is 1.65. The molecular formula is C15H12N6S. The smallest absolute Gasteiger partial charge is 0.123 e. The number of hydrogen-bond donors (Lipinski definition) is 1. The Hall–Kier alpha value is -2.80. The molecule has 0 aliphatic carbocycles. The van der Waals surface area contributed by atoms with E-state index in [1.807, 2.05) is 25.5 Å². The van der Waals surface area contributed by atoms with E-state index in [4.69, 9.17) is 5.73 Å². The molecule has 0 fully saturated rings. The molecule has 0 aliphatic heterocycles. The number of aromatic nitrogens is 5. The number of fused-ring (bicyclic) bond motifs is 1. The number of anilines is 1. The monoisotopic (exact) mass is 308 g/mol. The Morgan fingerprint density at radius 1 is 1.09 bits per heavy atom. The van der Waals surface area contributed by atoms with E-state index >= 15 is 0 Å². The van der Waals surface area contributed by atoms with Gasteiger partial charge in [0.15, 0.2) is 0 Å². The number of nitrogens with zero attached hydrogens (tertiary/aromatic N) is 5. The minimum atomic E-state index is 0.497. The Labute approximate surface area is 130 Å². The Bertz CT molecular complexity index is 954. The third-order valence-corrected chi connectivity index (χ3v) is 4.54. The van der Waals surface area contributed by atoms with Crippen LogP contribution in [-0.4, -0.2) is 24.7 Å². The average Bonchev–Trinajstić information content (AvgIpc) is 3.13. The predicted molar refractivity (Wildman–Crippen MR) is 87.3 cm³/mol. The summed E-state index contributed by atoms with van der Waals surface area (Å²) < 4.78 is 2.82. The molecule has 4 aromatic heterocycles. The molecule has 108 valence electrons. The Morgan fingerprint density at radius 2 is 2.00 bits per heavy atom. The maximum absolute atomic E-state index is 5.65. The fourth-order valence-electron chi connectivity index (χ4n) is 2.30. The highest BCUT2D eigenvalue weighted by Crippen LogP contribution is 2.36. The van der Waals surface area contributed by atoms with E-state index in [0.29, 0.717) is 5.82 Å². The zero-order valence-electron chi connectivity index (χ0n) is 11.8. The van der Waals surface area contributed by atoms with Gasteiger partial charge in [-0.1, -0.05) is 0 Å². The zero-order valence-corrected chi connectivity index (χ0v) is 12.6. The number of pyridine rings is 1. The molecule has 4 heterocycles. The van der Waals surface area contributed by atoms with Crippen molar-refractivity contribution in [1.29, 1.82) is 0 Å².